The summed E-state index contributed by atoms with van der Waals surface area (Å²) in [5.74, 6) is 0.412. The molecule has 1 aromatic carbocycles. The first kappa shape index (κ1) is 13.7. The van der Waals surface area contributed by atoms with Gasteiger partial charge in [0.1, 0.15) is 17.5 Å². The predicted molar refractivity (Wildman–Crippen MR) is 77.7 cm³/mol. The first-order valence-corrected chi connectivity index (χ1v) is 7.10. The van der Waals surface area contributed by atoms with Gasteiger partial charge < -0.3 is 14.8 Å². The largest absolute Gasteiger partial charge is 0.497 e. The highest BCUT2D eigenvalue weighted by atomic mass is 16.5. The number of imidazole rings is 1. The lowest BCUT2D eigenvalue weighted by molar-refractivity contribution is -0.139. The number of aliphatic carboxylic acids is 1. The van der Waals surface area contributed by atoms with Crippen LogP contribution in [-0.2, 0) is 17.6 Å². The number of carbonyl (C=O) groups is 1. The molecule has 0 aliphatic heterocycles. The van der Waals surface area contributed by atoms with Crippen molar-refractivity contribution in [2.75, 3.05) is 7.11 Å². The number of nitrogens with zero attached hydrogens (tertiary/aromatic N) is 1. The molecule has 1 aliphatic rings. The molecule has 1 atom stereocenters. The van der Waals surface area contributed by atoms with Crippen LogP contribution in [0.4, 0.5) is 0 Å². The summed E-state index contributed by atoms with van der Waals surface area (Å²) in [6.07, 6.45) is 3.13. The summed E-state index contributed by atoms with van der Waals surface area (Å²) in [6.45, 7) is 0. The standard InChI is InChI=1S/C16H18N2O3/c1-21-11-7-5-10(6-8-11)9-14-17-13-4-2-3-12(16(19)20)15(13)18-14/h5-8,12H,2-4,9H2,1H3,(H,17,18)(H,19,20). The van der Waals surface area contributed by atoms with Crippen LogP contribution in [0.5, 0.6) is 5.75 Å². The SMILES string of the molecule is COc1ccc(Cc2nc3c([nH]2)CCCC3C(=O)O)cc1. The van der Waals surface area contributed by atoms with E-state index in [1.165, 1.54) is 0 Å². The Morgan fingerprint density at radius 2 is 2.19 bits per heavy atom. The maximum Gasteiger partial charge on any atom is 0.312 e. The van der Waals surface area contributed by atoms with Gasteiger partial charge in [0.25, 0.3) is 0 Å². The number of aromatic amines is 1. The van der Waals surface area contributed by atoms with Crippen molar-refractivity contribution in [1.82, 2.24) is 9.97 Å². The van der Waals surface area contributed by atoms with E-state index < -0.39 is 11.9 Å². The number of carboxylic acids is 1. The summed E-state index contributed by atoms with van der Waals surface area (Å²) >= 11 is 0. The van der Waals surface area contributed by atoms with E-state index in [1.54, 1.807) is 7.11 Å². The number of carboxylic acid groups (broad SMARTS) is 1. The highest BCUT2D eigenvalue weighted by molar-refractivity contribution is 5.76. The molecule has 0 spiro atoms. The van der Waals surface area contributed by atoms with E-state index in [-0.39, 0.29) is 0 Å². The monoisotopic (exact) mass is 286 g/mol. The summed E-state index contributed by atoms with van der Waals surface area (Å²) < 4.78 is 5.14. The van der Waals surface area contributed by atoms with E-state index in [1.807, 2.05) is 24.3 Å². The van der Waals surface area contributed by atoms with Crippen molar-refractivity contribution in [1.29, 1.82) is 0 Å². The molecule has 110 valence electrons. The van der Waals surface area contributed by atoms with Crippen molar-refractivity contribution in [2.45, 2.75) is 31.6 Å². The fraction of sp³-hybridized carbons (Fsp3) is 0.375. The molecule has 2 N–H and O–H groups in total. The third-order valence-electron chi connectivity index (χ3n) is 3.94. The zero-order chi connectivity index (χ0) is 14.8. The summed E-state index contributed by atoms with van der Waals surface area (Å²) in [5.41, 5.74) is 2.82. The first-order chi connectivity index (χ1) is 10.2. The van der Waals surface area contributed by atoms with Crippen molar-refractivity contribution in [3.63, 3.8) is 0 Å². The molecule has 2 aromatic rings. The quantitative estimate of drug-likeness (QED) is 0.905. The number of aryl methyl sites for hydroxylation is 1. The molecule has 21 heavy (non-hydrogen) atoms. The van der Waals surface area contributed by atoms with Crippen LogP contribution >= 0.6 is 0 Å². The Morgan fingerprint density at radius 1 is 1.43 bits per heavy atom. The number of hydrogen-bond acceptors (Lipinski definition) is 3. The Bertz CT molecular complexity index is 646. The van der Waals surface area contributed by atoms with Crippen LogP contribution in [-0.4, -0.2) is 28.2 Å². The van der Waals surface area contributed by atoms with Gasteiger partial charge in [-0.3, -0.25) is 4.79 Å². The molecule has 1 aliphatic carbocycles. The molecule has 0 amide bonds. The number of methoxy groups -OCH3 is 1. The summed E-state index contributed by atoms with van der Waals surface area (Å²) in [4.78, 5) is 19.1. The average molecular weight is 286 g/mol. The molecule has 1 unspecified atom stereocenters. The molecule has 0 radical (unpaired) electrons. The number of H-pyrrole nitrogens is 1. The molecular weight excluding hydrogens is 268 g/mol. The molecule has 1 aromatic heterocycles. The van der Waals surface area contributed by atoms with Crippen LogP contribution < -0.4 is 4.74 Å². The first-order valence-electron chi connectivity index (χ1n) is 7.10. The van der Waals surface area contributed by atoms with Crippen LogP contribution in [0.1, 0.15) is 41.5 Å². The third-order valence-corrected chi connectivity index (χ3v) is 3.94. The van der Waals surface area contributed by atoms with Gasteiger partial charge in [-0.15, -0.1) is 0 Å². The molecule has 3 rings (SSSR count). The molecule has 0 saturated heterocycles. The minimum absolute atomic E-state index is 0.463. The van der Waals surface area contributed by atoms with E-state index >= 15 is 0 Å². The molecule has 0 fully saturated rings. The lowest BCUT2D eigenvalue weighted by Gasteiger charge is -2.16. The average Bonchev–Trinajstić information content (AvgIpc) is 2.89. The summed E-state index contributed by atoms with van der Waals surface area (Å²) in [7, 11) is 1.64. The smallest absolute Gasteiger partial charge is 0.312 e. The Labute approximate surface area is 123 Å². The van der Waals surface area contributed by atoms with Gasteiger partial charge in [0.2, 0.25) is 0 Å². The minimum Gasteiger partial charge on any atom is -0.497 e. The third kappa shape index (κ3) is 2.77. The number of hydrogen-bond donors (Lipinski definition) is 2. The second kappa shape index (κ2) is 5.60. The molecule has 5 heteroatoms. The lowest BCUT2D eigenvalue weighted by Crippen LogP contribution is -2.17. The van der Waals surface area contributed by atoms with Gasteiger partial charge in [-0.05, 0) is 37.0 Å². The van der Waals surface area contributed by atoms with Gasteiger partial charge >= 0.3 is 5.97 Å². The van der Waals surface area contributed by atoms with E-state index in [0.29, 0.717) is 12.8 Å². The maximum atomic E-state index is 11.3. The second-order valence-electron chi connectivity index (χ2n) is 5.36. The Hall–Kier alpha value is -2.30. The predicted octanol–water partition coefficient (Wildman–Crippen LogP) is 2.51. The van der Waals surface area contributed by atoms with Crippen molar-refractivity contribution >= 4 is 5.97 Å². The highest BCUT2D eigenvalue weighted by Crippen LogP contribution is 2.30. The Balaban J connectivity index is 1.82. The van der Waals surface area contributed by atoms with Crippen LogP contribution in [0.25, 0.3) is 0 Å². The zero-order valence-corrected chi connectivity index (χ0v) is 11.9. The molecular formula is C16H18N2O3. The van der Waals surface area contributed by atoms with Crippen LogP contribution in [0.15, 0.2) is 24.3 Å². The van der Waals surface area contributed by atoms with Gasteiger partial charge in [-0.2, -0.15) is 0 Å². The second-order valence-corrected chi connectivity index (χ2v) is 5.36. The fourth-order valence-electron chi connectivity index (χ4n) is 2.84. The van der Waals surface area contributed by atoms with E-state index in [9.17, 15) is 9.90 Å². The van der Waals surface area contributed by atoms with Crippen molar-refractivity contribution in [2.24, 2.45) is 0 Å². The number of benzene rings is 1. The molecule has 0 bridgehead atoms. The van der Waals surface area contributed by atoms with Crippen LogP contribution in [0.2, 0.25) is 0 Å². The van der Waals surface area contributed by atoms with Crippen LogP contribution in [0.3, 0.4) is 0 Å². The summed E-state index contributed by atoms with van der Waals surface area (Å²) in [5, 5.41) is 9.27. The van der Waals surface area contributed by atoms with E-state index in [2.05, 4.69) is 9.97 Å². The maximum absolute atomic E-state index is 11.3. The lowest BCUT2D eigenvalue weighted by atomic mass is 9.90. The van der Waals surface area contributed by atoms with Crippen LogP contribution in [0, 0.1) is 0 Å². The minimum atomic E-state index is -0.779. The van der Waals surface area contributed by atoms with Crippen molar-refractivity contribution in [3.8, 4) is 5.75 Å². The Kier molecular flexibility index (Phi) is 3.64. The van der Waals surface area contributed by atoms with Crippen molar-refractivity contribution in [3.05, 3.63) is 47.0 Å². The van der Waals surface area contributed by atoms with Gasteiger partial charge in [-0.1, -0.05) is 12.1 Å². The fourth-order valence-corrected chi connectivity index (χ4v) is 2.84. The zero-order valence-electron chi connectivity index (χ0n) is 11.9. The number of rotatable bonds is 4. The summed E-state index contributed by atoms with van der Waals surface area (Å²) in [6, 6.07) is 7.82. The normalized spacial score (nSPS) is 17.3. The molecule has 0 saturated carbocycles. The van der Waals surface area contributed by atoms with Gasteiger partial charge in [0.15, 0.2) is 0 Å². The Morgan fingerprint density at radius 3 is 2.86 bits per heavy atom. The van der Waals surface area contributed by atoms with Crippen molar-refractivity contribution < 1.29 is 14.6 Å². The number of ether oxygens (including phenoxy) is 1. The number of aromatic nitrogens is 2. The van der Waals surface area contributed by atoms with Gasteiger partial charge in [-0.25, -0.2) is 4.98 Å². The highest BCUT2D eigenvalue weighted by Gasteiger charge is 2.29. The van der Waals surface area contributed by atoms with Gasteiger partial charge in [0, 0.05) is 12.1 Å². The molecule has 1 heterocycles. The van der Waals surface area contributed by atoms with Gasteiger partial charge in [0.05, 0.1) is 12.8 Å². The number of fused-ring (bicyclic) bond motifs is 1. The topological polar surface area (TPSA) is 75.2 Å². The van der Waals surface area contributed by atoms with E-state index in [4.69, 9.17) is 4.74 Å². The van der Waals surface area contributed by atoms with E-state index in [0.717, 1.165) is 41.4 Å². The number of nitrogens with one attached hydrogen (secondary N) is 1. The molecule has 5 nitrogen and oxygen atoms in total.